The van der Waals surface area contributed by atoms with Gasteiger partial charge in [0.15, 0.2) is 0 Å². The predicted molar refractivity (Wildman–Crippen MR) is 58.2 cm³/mol. The quantitative estimate of drug-likeness (QED) is 0.396. The Bertz CT molecular complexity index is 208. The minimum Gasteiger partial charge on any atom is -0.318 e. The summed E-state index contributed by atoms with van der Waals surface area (Å²) in [6.45, 7) is 10.00. The Labute approximate surface area is 86.5 Å². The molecule has 0 atom stereocenters. The second-order valence-corrected chi connectivity index (χ2v) is 4.57. The van der Waals surface area contributed by atoms with Gasteiger partial charge in [-0.05, 0) is 18.3 Å². The van der Waals surface area contributed by atoms with Gasteiger partial charge in [-0.3, -0.25) is 0 Å². The molecule has 0 unspecified atom stereocenters. The molecule has 0 rings (SSSR count). The molecule has 0 aromatic rings. The minimum atomic E-state index is -0.253. The van der Waals surface area contributed by atoms with Crippen molar-refractivity contribution in [2.24, 2.45) is 10.6 Å². The van der Waals surface area contributed by atoms with Crippen LogP contribution in [0.5, 0.6) is 0 Å². The minimum absolute atomic E-state index is 0.0365. The zero-order chi connectivity index (χ0) is 11.2. The van der Waals surface area contributed by atoms with Gasteiger partial charge in [0.05, 0.1) is 12.1 Å². The molecule has 0 saturated carbocycles. The van der Waals surface area contributed by atoms with Crippen molar-refractivity contribution in [3.8, 4) is 0 Å². The van der Waals surface area contributed by atoms with E-state index in [0.717, 1.165) is 18.6 Å². The highest BCUT2D eigenvalue weighted by Crippen LogP contribution is 2.18. The normalized spacial score (nSPS) is 10.9. The molecular formula is C11H21NO2. The van der Waals surface area contributed by atoms with Gasteiger partial charge in [0.25, 0.3) is 0 Å². The van der Waals surface area contributed by atoms with Gasteiger partial charge < -0.3 is 4.84 Å². The molecule has 82 valence electrons. The van der Waals surface area contributed by atoms with Crippen molar-refractivity contribution in [1.82, 2.24) is 0 Å². The first kappa shape index (κ1) is 13.1. The van der Waals surface area contributed by atoms with E-state index in [0.29, 0.717) is 6.42 Å². The summed E-state index contributed by atoms with van der Waals surface area (Å²) in [7, 11) is 0. The van der Waals surface area contributed by atoms with Crippen LogP contribution in [0.15, 0.2) is 5.16 Å². The smallest absolute Gasteiger partial charge is 0.318 e. The number of oxime groups is 1. The number of hydrogen-bond donors (Lipinski definition) is 0. The van der Waals surface area contributed by atoms with Gasteiger partial charge >= 0.3 is 5.97 Å². The highest BCUT2D eigenvalue weighted by atomic mass is 16.7. The van der Waals surface area contributed by atoms with Crippen LogP contribution < -0.4 is 0 Å². The third-order valence-corrected chi connectivity index (χ3v) is 1.77. The Morgan fingerprint density at radius 2 is 1.71 bits per heavy atom. The highest BCUT2D eigenvalue weighted by molar-refractivity contribution is 5.84. The lowest BCUT2D eigenvalue weighted by Gasteiger charge is -2.14. The number of carbonyl (C=O) groups excluding carboxylic acids is 1. The van der Waals surface area contributed by atoms with E-state index in [1.165, 1.54) is 0 Å². The molecule has 0 fully saturated rings. The van der Waals surface area contributed by atoms with Crippen LogP contribution in [0.1, 0.15) is 53.9 Å². The summed E-state index contributed by atoms with van der Waals surface area (Å²) >= 11 is 0. The largest absolute Gasteiger partial charge is 0.335 e. The maximum Gasteiger partial charge on any atom is 0.335 e. The third-order valence-electron chi connectivity index (χ3n) is 1.77. The maximum absolute atomic E-state index is 11.3. The van der Waals surface area contributed by atoms with Crippen LogP contribution in [0.3, 0.4) is 0 Å². The van der Waals surface area contributed by atoms with Crippen molar-refractivity contribution in [2.45, 2.75) is 53.9 Å². The Kier molecular flexibility index (Phi) is 5.43. The fourth-order valence-corrected chi connectivity index (χ4v) is 0.960. The zero-order valence-corrected chi connectivity index (χ0v) is 9.89. The first-order chi connectivity index (χ1) is 6.39. The monoisotopic (exact) mass is 199 g/mol. The zero-order valence-electron chi connectivity index (χ0n) is 9.89. The van der Waals surface area contributed by atoms with Gasteiger partial charge in [-0.2, -0.15) is 0 Å². The van der Waals surface area contributed by atoms with Crippen molar-refractivity contribution in [2.75, 3.05) is 0 Å². The lowest BCUT2D eigenvalue weighted by molar-refractivity contribution is -0.145. The lowest BCUT2D eigenvalue weighted by atomic mass is 9.93. The van der Waals surface area contributed by atoms with E-state index in [9.17, 15) is 4.79 Å². The number of carbonyl (C=O) groups is 1. The topological polar surface area (TPSA) is 38.7 Å². The van der Waals surface area contributed by atoms with Crippen molar-refractivity contribution >= 4 is 11.7 Å². The first-order valence-corrected chi connectivity index (χ1v) is 5.14. The molecule has 0 aliphatic heterocycles. The van der Waals surface area contributed by atoms with E-state index in [-0.39, 0.29) is 11.4 Å². The van der Waals surface area contributed by atoms with Gasteiger partial charge in [0, 0.05) is 0 Å². The third kappa shape index (κ3) is 6.63. The van der Waals surface area contributed by atoms with Gasteiger partial charge in [-0.15, -0.1) is 0 Å². The van der Waals surface area contributed by atoms with Gasteiger partial charge in [-0.25, -0.2) is 4.79 Å². The molecule has 0 heterocycles. The first-order valence-electron chi connectivity index (χ1n) is 5.14. The Hall–Kier alpha value is -0.860. The van der Waals surface area contributed by atoms with Crippen LogP contribution in [0.2, 0.25) is 0 Å². The van der Waals surface area contributed by atoms with Crippen molar-refractivity contribution in [3.05, 3.63) is 0 Å². The molecular weight excluding hydrogens is 178 g/mol. The van der Waals surface area contributed by atoms with Crippen LogP contribution in [0.4, 0.5) is 0 Å². The molecule has 14 heavy (non-hydrogen) atoms. The van der Waals surface area contributed by atoms with Gasteiger partial charge in [-0.1, -0.05) is 39.8 Å². The number of rotatable bonds is 4. The van der Waals surface area contributed by atoms with Crippen LogP contribution in [-0.2, 0) is 9.63 Å². The second kappa shape index (κ2) is 5.78. The summed E-state index contributed by atoms with van der Waals surface area (Å²) in [4.78, 5) is 16.1. The average Bonchev–Trinajstić information content (AvgIpc) is 2.03. The second-order valence-electron chi connectivity index (χ2n) is 4.57. The fraction of sp³-hybridized carbons (Fsp3) is 0.818. The predicted octanol–water partition coefficient (Wildman–Crippen LogP) is 3.14. The van der Waals surface area contributed by atoms with Crippen molar-refractivity contribution in [1.29, 1.82) is 0 Å². The molecule has 0 aliphatic rings. The summed E-state index contributed by atoms with van der Waals surface area (Å²) in [5, 5.41) is 3.81. The molecule has 3 nitrogen and oxygen atoms in total. The van der Waals surface area contributed by atoms with Crippen LogP contribution in [0, 0.1) is 5.41 Å². The Balaban J connectivity index is 4.02. The van der Waals surface area contributed by atoms with E-state index in [1.807, 2.05) is 34.6 Å². The molecule has 0 bridgehead atoms. The fourth-order valence-electron chi connectivity index (χ4n) is 0.960. The summed E-state index contributed by atoms with van der Waals surface area (Å²) in [5.41, 5.74) is 0.887. The molecule has 0 radical (unpaired) electrons. The maximum atomic E-state index is 11.3. The van der Waals surface area contributed by atoms with Crippen LogP contribution in [0.25, 0.3) is 0 Å². The summed E-state index contributed by atoms with van der Waals surface area (Å²) in [6, 6.07) is 0. The average molecular weight is 199 g/mol. The molecule has 0 N–H and O–H groups in total. The highest BCUT2D eigenvalue weighted by Gasteiger charge is 2.17. The molecule has 0 aromatic heterocycles. The van der Waals surface area contributed by atoms with E-state index in [2.05, 4.69) is 5.16 Å². The van der Waals surface area contributed by atoms with E-state index in [4.69, 9.17) is 4.84 Å². The SMILES string of the molecule is CCC(CC)=NOC(=O)CC(C)(C)C. The lowest BCUT2D eigenvalue weighted by Crippen LogP contribution is -2.14. The molecule has 0 aromatic carbocycles. The van der Waals surface area contributed by atoms with E-state index < -0.39 is 0 Å². The van der Waals surface area contributed by atoms with E-state index >= 15 is 0 Å². The van der Waals surface area contributed by atoms with Crippen molar-refractivity contribution in [3.63, 3.8) is 0 Å². The van der Waals surface area contributed by atoms with Gasteiger partial charge in [0.2, 0.25) is 0 Å². The van der Waals surface area contributed by atoms with Crippen LogP contribution >= 0.6 is 0 Å². The van der Waals surface area contributed by atoms with Crippen molar-refractivity contribution < 1.29 is 9.63 Å². The number of nitrogens with zero attached hydrogens (tertiary/aromatic N) is 1. The molecule has 0 saturated heterocycles. The molecule has 3 heteroatoms. The summed E-state index contributed by atoms with van der Waals surface area (Å²) < 4.78 is 0. The Morgan fingerprint density at radius 3 is 2.07 bits per heavy atom. The standard InChI is InChI=1S/C11H21NO2/c1-6-9(7-2)12-14-10(13)8-11(3,4)5/h6-8H2,1-5H3. The Morgan fingerprint density at radius 1 is 1.21 bits per heavy atom. The molecule has 0 spiro atoms. The van der Waals surface area contributed by atoms with Gasteiger partial charge in [0.1, 0.15) is 0 Å². The molecule has 0 amide bonds. The summed E-state index contributed by atoms with van der Waals surface area (Å²) in [6.07, 6.45) is 2.07. The summed E-state index contributed by atoms with van der Waals surface area (Å²) in [5.74, 6) is -0.253. The van der Waals surface area contributed by atoms with Crippen LogP contribution in [-0.4, -0.2) is 11.7 Å². The molecule has 0 aliphatic carbocycles. The number of hydrogen-bond acceptors (Lipinski definition) is 3. The van der Waals surface area contributed by atoms with E-state index in [1.54, 1.807) is 0 Å².